The molecular formula is C18H22F2N2O2S. The molecule has 2 aliphatic carbocycles. The molecule has 25 heavy (non-hydrogen) atoms. The Hall–Kier alpha value is -1.63. The zero-order chi connectivity index (χ0) is 17.9. The first-order valence-corrected chi connectivity index (χ1v) is 9.50. The van der Waals surface area contributed by atoms with Gasteiger partial charge in [0.15, 0.2) is 0 Å². The Bertz CT molecular complexity index is 626. The number of alkyl halides is 2. The molecule has 2 aliphatic rings. The molecule has 0 radical (unpaired) electrons. The van der Waals surface area contributed by atoms with Gasteiger partial charge in [-0.05, 0) is 49.9 Å². The molecule has 1 aromatic carbocycles. The van der Waals surface area contributed by atoms with E-state index in [1.807, 2.05) is 0 Å². The average molecular weight is 368 g/mol. The summed E-state index contributed by atoms with van der Waals surface area (Å²) in [7, 11) is 0. The maximum absolute atomic E-state index is 12.8. The molecule has 1 aromatic rings. The predicted molar refractivity (Wildman–Crippen MR) is 93.6 cm³/mol. The summed E-state index contributed by atoms with van der Waals surface area (Å²) in [5.74, 6) is -2.67. The lowest BCUT2D eigenvalue weighted by atomic mass is 9.81. The summed E-state index contributed by atoms with van der Waals surface area (Å²) in [6.07, 6.45) is 5.55. The van der Waals surface area contributed by atoms with Crippen LogP contribution in [0.1, 0.15) is 44.9 Å². The van der Waals surface area contributed by atoms with Crippen LogP contribution in [0, 0.1) is 5.41 Å². The van der Waals surface area contributed by atoms with E-state index in [0.717, 1.165) is 25.7 Å². The van der Waals surface area contributed by atoms with E-state index < -0.39 is 11.2 Å². The van der Waals surface area contributed by atoms with Crippen molar-refractivity contribution >= 4 is 29.3 Å². The highest BCUT2D eigenvalue weighted by Gasteiger charge is 2.43. The van der Waals surface area contributed by atoms with Gasteiger partial charge in [0, 0.05) is 23.0 Å². The van der Waals surface area contributed by atoms with Crippen molar-refractivity contribution in [3.05, 3.63) is 24.3 Å². The number of hydrogen-bond acceptors (Lipinski definition) is 3. The summed E-state index contributed by atoms with van der Waals surface area (Å²) in [5.41, 5.74) is -0.0903. The molecule has 136 valence electrons. The highest BCUT2D eigenvalue weighted by molar-refractivity contribution is 7.99. The Morgan fingerprint density at radius 2 is 1.80 bits per heavy atom. The quantitative estimate of drug-likeness (QED) is 0.710. The van der Waals surface area contributed by atoms with Crippen LogP contribution in [0.5, 0.6) is 0 Å². The first kappa shape index (κ1) is 18.2. The SMILES string of the molecule is O=C(CC1(C(=O)Nc2ccc(SC(F)F)cc2)CCCC1)NC1CC1. The van der Waals surface area contributed by atoms with Gasteiger partial charge in [-0.3, -0.25) is 9.59 Å². The van der Waals surface area contributed by atoms with E-state index in [1.54, 1.807) is 24.3 Å². The van der Waals surface area contributed by atoms with Crippen molar-refractivity contribution in [2.45, 2.75) is 61.6 Å². The predicted octanol–water partition coefficient (Wildman–Crippen LogP) is 4.17. The van der Waals surface area contributed by atoms with E-state index in [0.29, 0.717) is 35.2 Å². The summed E-state index contributed by atoms with van der Waals surface area (Å²) in [6, 6.07) is 6.65. The van der Waals surface area contributed by atoms with E-state index in [9.17, 15) is 18.4 Å². The van der Waals surface area contributed by atoms with Gasteiger partial charge < -0.3 is 10.6 Å². The van der Waals surface area contributed by atoms with Gasteiger partial charge in [-0.2, -0.15) is 8.78 Å². The Morgan fingerprint density at radius 3 is 2.36 bits per heavy atom. The number of halogens is 2. The van der Waals surface area contributed by atoms with Crippen molar-refractivity contribution < 1.29 is 18.4 Å². The number of anilines is 1. The second-order valence-corrected chi connectivity index (χ2v) is 7.93. The zero-order valence-corrected chi connectivity index (χ0v) is 14.7. The fourth-order valence-electron chi connectivity index (χ4n) is 3.33. The second kappa shape index (κ2) is 7.72. The number of nitrogens with one attached hydrogen (secondary N) is 2. The number of thioether (sulfide) groups is 1. The third-order valence-corrected chi connectivity index (χ3v) is 5.54. The van der Waals surface area contributed by atoms with E-state index in [2.05, 4.69) is 10.6 Å². The van der Waals surface area contributed by atoms with Crippen LogP contribution in [0.3, 0.4) is 0 Å². The summed E-state index contributed by atoms with van der Waals surface area (Å²) < 4.78 is 24.7. The van der Waals surface area contributed by atoms with Gasteiger partial charge in [0.05, 0.1) is 5.41 Å². The smallest absolute Gasteiger partial charge is 0.288 e. The zero-order valence-electron chi connectivity index (χ0n) is 13.9. The van der Waals surface area contributed by atoms with E-state index in [1.165, 1.54) is 0 Å². The van der Waals surface area contributed by atoms with Crippen LogP contribution >= 0.6 is 11.8 Å². The number of amides is 2. The van der Waals surface area contributed by atoms with Gasteiger partial charge in [0.25, 0.3) is 5.76 Å². The number of rotatable bonds is 7. The van der Waals surface area contributed by atoms with Gasteiger partial charge in [-0.15, -0.1) is 0 Å². The van der Waals surface area contributed by atoms with Gasteiger partial charge in [0.1, 0.15) is 0 Å². The first-order chi connectivity index (χ1) is 12.0. The van der Waals surface area contributed by atoms with Crippen LogP contribution in [0.15, 0.2) is 29.2 Å². The van der Waals surface area contributed by atoms with Crippen LogP contribution in [0.4, 0.5) is 14.5 Å². The Kier molecular flexibility index (Phi) is 5.61. The van der Waals surface area contributed by atoms with Crippen LogP contribution in [0.2, 0.25) is 0 Å². The molecule has 3 rings (SSSR count). The number of hydrogen-bond donors (Lipinski definition) is 2. The van der Waals surface area contributed by atoms with Crippen molar-refractivity contribution in [2.24, 2.45) is 5.41 Å². The minimum absolute atomic E-state index is 0.0526. The molecule has 0 aliphatic heterocycles. The van der Waals surface area contributed by atoms with Crippen LogP contribution in [-0.4, -0.2) is 23.6 Å². The van der Waals surface area contributed by atoms with Crippen LogP contribution < -0.4 is 10.6 Å². The standard InChI is InChI=1S/C18H22F2N2O2S/c19-17(20)25-14-7-5-13(6-8-14)22-16(24)18(9-1-2-10-18)11-15(23)21-12-3-4-12/h5-8,12,17H,1-4,9-11H2,(H,21,23)(H,22,24). The first-order valence-electron chi connectivity index (χ1n) is 8.63. The monoisotopic (exact) mass is 368 g/mol. The molecule has 0 saturated heterocycles. The Morgan fingerprint density at radius 1 is 1.16 bits per heavy atom. The number of carbonyl (C=O) groups excluding carboxylic acids is 2. The minimum Gasteiger partial charge on any atom is -0.353 e. The molecule has 0 spiro atoms. The Labute approximate surface area is 150 Å². The molecule has 2 saturated carbocycles. The van der Waals surface area contributed by atoms with Gasteiger partial charge in [-0.25, -0.2) is 0 Å². The van der Waals surface area contributed by atoms with Gasteiger partial charge in [0.2, 0.25) is 11.8 Å². The normalized spacial score (nSPS) is 19.0. The van der Waals surface area contributed by atoms with Crippen molar-refractivity contribution in [1.29, 1.82) is 0 Å². The average Bonchev–Trinajstić information content (AvgIpc) is 3.23. The maximum Gasteiger partial charge on any atom is 0.288 e. The molecule has 0 heterocycles. The molecule has 0 atom stereocenters. The third-order valence-electron chi connectivity index (χ3n) is 4.82. The summed E-state index contributed by atoms with van der Waals surface area (Å²) in [6.45, 7) is 0. The van der Waals surface area contributed by atoms with Crippen molar-refractivity contribution in [3.8, 4) is 0 Å². The fraction of sp³-hybridized carbons (Fsp3) is 0.556. The maximum atomic E-state index is 12.8. The molecule has 4 nitrogen and oxygen atoms in total. The van der Waals surface area contributed by atoms with Gasteiger partial charge in [-0.1, -0.05) is 24.6 Å². The lowest BCUT2D eigenvalue weighted by molar-refractivity contribution is -0.132. The molecule has 0 aromatic heterocycles. The van der Waals surface area contributed by atoms with E-state index >= 15 is 0 Å². The van der Waals surface area contributed by atoms with Crippen LogP contribution in [0.25, 0.3) is 0 Å². The molecule has 7 heteroatoms. The highest BCUT2D eigenvalue weighted by Crippen LogP contribution is 2.42. The molecule has 2 N–H and O–H groups in total. The topological polar surface area (TPSA) is 58.2 Å². The lowest BCUT2D eigenvalue weighted by Gasteiger charge is -2.27. The molecule has 0 bridgehead atoms. The van der Waals surface area contributed by atoms with Crippen molar-refractivity contribution in [1.82, 2.24) is 5.32 Å². The van der Waals surface area contributed by atoms with Crippen molar-refractivity contribution in [2.75, 3.05) is 5.32 Å². The van der Waals surface area contributed by atoms with E-state index in [4.69, 9.17) is 0 Å². The molecule has 0 unspecified atom stereocenters. The van der Waals surface area contributed by atoms with E-state index in [-0.39, 0.29) is 24.3 Å². The highest BCUT2D eigenvalue weighted by atomic mass is 32.2. The fourth-order valence-corrected chi connectivity index (χ4v) is 3.83. The number of carbonyl (C=O) groups is 2. The van der Waals surface area contributed by atoms with Gasteiger partial charge >= 0.3 is 0 Å². The largest absolute Gasteiger partial charge is 0.353 e. The lowest BCUT2D eigenvalue weighted by Crippen LogP contribution is -2.39. The summed E-state index contributed by atoms with van der Waals surface area (Å²) in [5, 5.41) is 5.82. The molecule has 2 amide bonds. The summed E-state index contributed by atoms with van der Waals surface area (Å²) in [4.78, 5) is 25.5. The molecular weight excluding hydrogens is 346 g/mol. The number of benzene rings is 1. The Balaban J connectivity index is 1.63. The van der Waals surface area contributed by atoms with Crippen molar-refractivity contribution in [3.63, 3.8) is 0 Å². The summed E-state index contributed by atoms with van der Waals surface area (Å²) >= 11 is 0.472. The third kappa shape index (κ3) is 4.93. The minimum atomic E-state index is -2.47. The van der Waals surface area contributed by atoms with Crippen LogP contribution in [-0.2, 0) is 9.59 Å². The second-order valence-electron chi connectivity index (χ2n) is 6.86. The molecule has 2 fully saturated rings.